The molecule has 8 heteroatoms. The van der Waals surface area contributed by atoms with Crippen LogP contribution in [0.4, 0.5) is 5.82 Å². The molecule has 4 heterocycles. The molecule has 2 aliphatic rings. The van der Waals surface area contributed by atoms with Crippen LogP contribution in [0.3, 0.4) is 0 Å². The van der Waals surface area contributed by atoms with Crippen LogP contribution in [0.25, 0.3) is 17.0 Å². The normalized spacial score (nSPS) is 18.9. The van der Waals surface area contributed by atoms with Crippen molar-refractivity contribution in [3.63, 3.8) is 0 Å². The molecule has 0 bridgehead atoms. The Bertz CT molecular complexity index is 1070. The maximum Gasteiger partial charge on any atom is 0.157 e. The topological polar surface area (TPSA) is 100 Å². The number of nitriles is 1. The Kier molecular flexibility index (Phi) is 4.10. The third-order valence-electron chi connectivity index (χ3n) is 5.35. The van der Waals surface area contributed by atoms with Gasteiger partial charge in [0, 0.05) is 24.6 Å². The number of nitrogens with zero attached hydrogens (tertiary/aromatic N) is 5. The van der Waals surface area contributed by atoms with Gasteiger partial charge in [-0.1, -0.05) is 0 Å². The highest BCUT2D eigenvalue weighted by molar-refractivity contribution is 5.65. The Labute approximate surface area is 162 Å². The van der Waals surface area contributed by atoms with Gasteiger partial charge in [0.1, 0.15) is 29.0 Å². The molecule has 1 saturated carbocycles. The zero-order valence-corrected chi connectivity index (χ0v) is 15.6. The average molecular weight is 375 g/mol. The van der Waals surface area contributed by atoms with Crippen LogP contribution in [0, 0.1) is 11.3 Å². The van der Waals surface area contributed by atoms with Gasteiger partial charge in [-0.15, -0.1) is 0 Å². The van der Waals surface area contributed by atoms with Gasteiger partial charge in [0.15, 0.2) is 5.65 Å². The molecule has 1 saturated heterocycles. The predicted octanol–water partition coefficient (Wildman–Crippen LogP) is 2.32. The molecule has 1 atom stereocenters. The molecular weight excluding hydrogens is 354 g/mol. The summed E-state index contributed by atoms with van der Waals surface area (Å²) in [5, 5.41) is 21.0. The molecule has 142 valence electrons. The summed E-state index contributed by atoms with van der Waals surface area (Å²) in [7, 11) is 1.67. The lowest BCUT2D eigenvalue weighted by atomic mass is 10.2. The van der Waals surface area contributed by atoms with Gasteiger partial charge < -0.3 is 15.4 Å². The first-order valence-corrected chi connectivity index (χ1v) is 9.58. The Morgan fingerprint density at radius 2 is 2.21 bits per heavy atom. The Balaban J connectivity index is 1.57. The number of ether oxygens (including phenoxy) is 1. The number of nitrogens with one attached hydrogen (secondary N) is 2. The van der Waals surface area contributed by atoms with Crippen molar-refractivity contribution in [2.45, 2.75) is 31.2 Å². The minimum atomic E-state index is 0.279. The summed E-state index contributed by atoms with van der Waals surface area (Å²) in [5.74, 6) is 1.85. The lowest BCUT2D eigenvalue weighted by Gasteiger charge is -2.14. The molecule has 1 aliphatic carbocycles. The smallest absolute Gasteiger partial charge is 0.157 e. The number of hydrogen-bond donors (Lipinski definition) is 2. The molecule has 1 unspecified atom stereocenters. The van der Waals surface area contributed by atoms with Gasteiger partial charge >= 0.3 is 0 Å². The summed E-state index contributed by atoms with van der Waals surface area (Å²) in [5.41, 5.74) is 3.77. The fourth-order valence-corrected chi connectivity index (χ4v) is 3.66. The molecule has 2 fully saturated rings. The van der Waals surface area contributed by atoms with Crippen molar-refractivity contribution in [1.82, 2.24) is 24.9 Å². The SMILES string of the molecule is COc1cc2ncc(-c3ccc(C#N)c(NC4CCNC4)n3)n2nc1C1CC1. The average Bonchev–Trinajstić information content (AvgIpc) is 3.28. The molecule has 0 aromatic carbocycles. The maximum absolute atomic E-state index is 9.46. The number of pyridine rings is 1. The number of methoxy groups -OCH3 is 1. The first-order chi connectivity index (χ1) is 13.8. The van der Waals surface area contributed by atoms with Crippen molar-refractivity contribution >= 4 is 11.5 Å². The number of hydrogen-bond acceptors (Lipinski definition) is 7. The number of imidazole rings is 1. The highest BCUT2D eigenvalue weighted by atomic mass is 16.5. The molecule has 0 radical (unpaired) electrons. The number of aromatic nitrogens is 4. The van der Waals surface area contributed by atoms with E-state index < -0.39 is 0 Å². The van der Waals surface area contributed by atoms with E-state index in [-0.39, 0.29) is 6.04 Å². The first-order valence-electron chi connectivity index (χ1n) is 9.58. The summed E-state index contributed by atoms with van der Waals surface area (Å²) in [4.78, 5) is 9.22. The zero-order valence-electron chi connectivity index (χ0n) is 15.6. The van der Waals surface area contributed by atoms with Gasteiger partial charge in [-0.05, 0) is 37.9 Å². The van der Waals surface area contributed by atoms with E-state index in [0.29, 0.717) is 17.3 Å². The van der Waals surface area contributed by atoms with Crippen LogP contribution >= 0.6 is 0 Å². The standard InChI is InChI=1S/C20H21N7O/c1-28-17-8-18-23-11-16(27(18)26-19(17)12-2-3-12)15-5-4-13(9-21)20(25-15)24-14-6-7-22-10-14/h4-5,8,11-12,14,22H,2-3,6-7,10H2,1H3,(H,24,25). The second-order valence-corrected chi connectivity index (χ2v) is 7.32. The van der Waals surface area contributed by atoms with Gasteiger partial charge in [-0.25, -0.2) is 14.5 Å². The summed E-state index contributed by atoms with van der Waals surface area (Å²) < 4.78 is 7.33. The van der Waals surface area contributed by atoms with Crippen molar-refractivity contribution in [3.05, 3.63) is 35.7 Å². The molecule has 28 heavy (non-hydrogen) atoms. The van der Waals surface area contributed by atoms with Crippen LogP contribution < -0.4 is 15.4 Å². The lowest BCUT2D eigenvalue weighted by molar-refractivity contribution is 0.405. The van der Waals surface area contributed by atoms with Gasteiger partial charge in [0.25, 0.3) is 0 Å². The molecule has 3 aromatic rings. The predicted molar refractivity (Wildman–Crippen MR) is 104 cm³/mol. The minimum absolute atomic E-state index is 0.279. The van der Waals surface area contributed by atoms with E-state index in [9.17, 15) is 5.26 Å². The highest BCUT2D eigenvalue weighted by Crippen LogP contribution is 2.43. The van der Waals surface area contributed by atoms with Crippen molar-refractivity contribution in [2.75, 3.05) is 25.5 Å². The molecule has 0 spiro atoms. The van der Waals surface area contributed by atoms with E-state index in [1.807, 2.05) is 16.6 Å². The number of anilines is 1. The number of rotatable bonds is 5. The lowest BCUT2D eigenvalue weighted by Crippen LogP contribution is -2.23. The van der Waals surface area contributed by atoms with Crippen molar-refractivity contribution in [3.8, 4) is 23.2 Å². The quantitative estimate of drug-likeness (QED) is 0.706. The summed E-state index contributed by atoms with van der Waals surface area (Å²) in [6.07, 6.45) is 5.06. The van der Waals surface area contributed by atoms with Crippen molar-refractivity contribution in [1.29, 1.82) is 5.26 Å². The molecule has 2 N–H and O–H groups in total. The Morgan fingerprint density at radius 1 is 1.32 bits per heavy atom. The third-order valence-corrected chi connectivity index (χ3v) is 5.35. The summed E-state index contributed by atoms with van der Waals surface area (Å²) in [6, 6.07) is 8.09. The largest absolute Gasteiger partial charge is 0.495 e. The monoisotopic (exact) mass is 375 g/mol. The van der Waals surface area contributed by atoms with Crippen LogP contribution in [0.15, 0.2) is 24.4 Å². The Morgan fingerprint density at radius 3 is 2.93 bits per heavy atom. The molecule has 8 nitrogen and oxygen atoms in total. The fourth-order valence-electron chi connectivity index (χ4n) is 3.66. The van der Waals surface area contributed by atoms with Crippen LogP contribution in [-0.2, 0) is 0 Å². The van der Waals surface area contributed by atoms with Gasteiger partial charge in [0.2, 0.25) is 0 Å². The minimum Gasteiger partial charge on any atom is -0.495 e. The first kappa shape index (κ1) is 17.0. The van der Waals surface area contributed by atoms with Crippen LogP contribution in [0.2, 0.25) is 0 Å². The highest BCUT2D eigenvalue weighted by Gasteiger charge is 2.30. The van der Waals surface area contributed by atoms with E-state index in [1.165, 1.54) is 0 Å². The second-order valence-electron chi connectivity index (χ2n) is 7.32. The van der Waals surface area contributed by atoms with Gasteiger partial charge in [-0.2, -0.15) is 10.4 Å². The maximum atomic E-state index is 9.46. The van der Waals surface area contributed by atoms with Crippen molar-refractivity contribution < 1.29 is 4.74 Å². The van der Waals surface area contributed by atoms with Crippen LogP contribution in [0.5, 0.6) is 5.75 Å². The second kappa shape index (κ2) is 6.77. The molecule has 1 aliphatic heterocycles. The molecular formula is C20H21N7O. The fraction of sp³-hybridized carbons (Fsp3) is 0.400. The van der Waals surface area contributed by atoms with E-state index in [0.717, 1.165) is 60.8 Å². The van der Waals surface area contributed by atoms with E-state index in [2.05, 4.69) is 21.7 Å². The Hall–Kier alpha value is -3.18. The molecule has 5 rings (SSSR count). The van der Waals surface area contributed by atoms with Crippen LogP contribution in [-0.4, -0.2) is 45.8 Å². The van der Waals surface area contributed by atoms with Crippen LogP contribution in [0.1, 0.15) is 36.4 Å². The van der Waals surface area contributed by atoms with Gasteiger partial charge in [-0.3, -0.25) is 0 Å². The summed E-state index contributed by atoms with van der Waals surface area (Å²) >= 11 is 0. The zero-order chi connectivity index (χ0) is 19.1. The van der Waals surface area contributed by atoms with Gasteiger partial charge in [0.05, 0.1) is 24.6 Å². The number of fused-ring (bicyclic) bond motifs is 1. The van der Waals surface area contributed by atoms with E-state index in [1.54, 1.807) is 19.4 Å². The third kappa shape index (κ3) is 2.94. The molecule has 0 amide bonds. The van der Waals surface area contributed by atoms with E-state index >= 15 is 0 Å². The molecule has 3 aromatic heterocycles. The van der Waals surface area contributed by atoms with Crippen molar-refractivity contribution in [2.24, 2.45) is 0 Å². The van der Waals surface area contributed by atoms with E-state index in [4.69, 9.17) is 14.8 Å². The summed E-state index contributed by atoms with van der Waals surface area (Å²) in [6.45, 7) is 1.85.